The van der Waals surface area contributed by atoms with Gasteiger partial charge in [-0.3, -0.25) is 10.1 Å². The maximum absolute atomic E-state index is 10.3. The van der Waals surface area contributed by atoms with Gasteiger partial charge in [-0.05, 0) is 36.1 Å². The topological polar surface area (TPSA) is 43.1 Å². The SMILES string of the molecule is Cc1c(/C=C/[N+](=O)[O-])sc2ccc(Cl)cc12. The summed E-state index contributed by atoms with van der Waals surface area (Å²) in [4.78, 5) is 10.7. The largest absolute Gasteiger partial charge is 0.259 e. The molecular weight excluding hydrogens is 246 g/mol. The molecule has 0 N–H and O–H groups in total. The maximum atomic E-state index is 10.3. The standard InChI is InChI=1S/C11H8ClNO2S/c1-7-9-6-8(12)2-3-11(9)16-10(7)4-5-13(14)15/h2-6H,1H3/b5-4+. The van der Waals surface area contributed by atoms with E-state index >= 15 is 0 Å². The molecule has 0 atom stereocenters. The molecule has 82 valence electrons. The van der Waals surface area contributed by atoms with E-state index in [0.29, 0.717) is 5.02 Å². The van der Waals surface area contributed by atoms with Crippen molar-refractivity contribution < 1.29 is 4.92 Å². The third-order valence-electron chi connectivity index (χ3n) is 2.28. The minimum Gasteiger partial charge on any atom is -0.259 e. The van der Waals surface area contributed by atoms with Crippen LogP contribution in [0.5, 0.6) is 0 Å². The molecule has 0 bridgehead atoms. The van der Waals surface area contributed by atoms with Gasteiger partial charge in [-0.2, -0.15) is 0 Å². The molecule has 0 amide bonds. The first-order valence-electron chi connectivity index (χ1n) is 4.58. The van der Waals surface area contributed by atoms with Crippen molar-refractivity contribution in [2.45, 2.75) is 6.92 Å². The Balaban J connectivity index is 2.56. The van der Waals surface area contributed by atoms with Crippen LogP contribution in [-0.4, -0.2) is 4.92 Å². The van der Waals surface area contributed by atoms with E-state index in [1.165, 1.54) is 17.4 Å². The van der Waals surface area contributed by atoms with Crippen molar-refractivity contribution in [1.29, 1.82) is 0 Å². The second kappa shape index (κ2) is 4.23. The molecule has 0 saturated heterocycles. The molecule has 0 radical (unpaired) electrons. The van der Waals surface area contributed by atoms with Crippen LogP contribution in [0.1, 0.15) is 10.4 Å². The van der Waals surface area contributed by atoms with Gasteiger partial charge in [-0.1, -0.05) is 11.6 Å². The lowest BCUT2D eigenvalue weighted by atomic mass is 10.1. The Morgan fingerprint density at radius 3 is 2.94 bits per heavy atom. The van der Waals surface area contributed by atoms with Crippen molar-refractivity contribution >= 4 is 39.1 Å². The summed E-state index contributed by atoms with van der Waals surface area (Å²) in [5.41, 5.74) is 1.03. The summed E-state index contributed by atoms with van der Waals surface area (Å²) in [5.74, 6) is 0. The van der Waals surface area contributed by atoms with Crippen LogP contribution in [0.4, 0.5) is 0 Å². The van der Waals surface area contributed by atoms with E-state index in [9.17, 15) is 10.1 Å². The summed E-state index contributed by atoms with van der Waals surface area (Å²) < 4.78 is 1.09. The number of nitrogens with zero attached hydrogens (tertiary/aromatic N) is 1. The second-order valence-corrected chi connectivity index (χ2v) is 4.85. The van der Waals surface area contributed by atoms with Gasteiger partial charge >= 0.3 is 0 Å². The van der Waals surface area contributed by atoms with E-state index in [1.54, 1.807) is 0 Å². The third kappa shape index (κ3) is 2.08. The minimum absolute atomic E-state index is 0.462. The number of hydrogen-bond acceptors (Lipinski definition) is 3. The highest BCUT2D eigenvalue weighted by molar-refractivity contribution is 7.20. The Bertz CT molecular complexity index is 589. The van der Waals surface area contributed by atoms with Gasteiger partial charge in [0.2, 0.25) is 6.20 Å². The molecule has 0 aliphatic rings. The molecule has 1 aromatic heterocycles. The maximum Gasteiger partial charge on any atom is 0.235 e. The summed E-state index contributed by atoms with van der Waals surface area (Å²) in [6.45, 7) is 1.94. The predicted octanol–water partition coefficient (Wildman–Crippen LogP) is 4.11. The molecule has 0 aliphatic heterocycles. The predicted molar refractivity (Wildman–Crippen MR) is 67.6 cm³/mol. The van der Waals surface area contributed by atoms with E-state index < -0.39 is 4.92 Å². The molecule has 1 aromatic carbocycles. The van der Waals surface area contributed by atoms with Gasteiger partial charge in [-0.25, -0.2) is 0 Å². The van der Waals surface area contributed by atoms with Crippen LogP contribution >= 0.6 is 22.9 Å². The first kappa shape index (κ1) is 11.1. The van der Waals surface area contributed by atoms with Crippen molar-refractivity contribution in [1.82, 2.24) is 0 Å². The molecule has 0 saturated carbocycles. The van der Waals surface area contributed by atoms with E-state index in [0.717, 1.165) is 26.7 Å². The van der Waals surface area contributed by atoms with Gasteiger partial charge < -0.3 is 0 Å². The van der Waals surface area contributed by atoms with Crippen molar-refractivity contribution in [2.75, 3.05) is 0 Å². The smallest absolute Gasteiger partial charge is 0.235 e. The molecule has 1 heterocycles. The van der Waals surface area contributed by atoms with Crippen molar-refractivity contribution in [3.63, 3.8) is 0 Å². The summed E-state index contributed by atoms with van der Waals surface area (Å²) in [5, 5.41) is 12.0. The average Bonchev–Trinajstić information content (AvgIpc) is 2.53. The molecule has 0 spiro atoms. The molecule has 2 aromatic rings. The van der Waals surface area contributed by atoms with E-state index in [4.69, 9.17) is 11.6 Å². The Hall–Kier alpha value is -1.39. The lowest BCUT2D eigenvalue weighted by Crippen LogP contribution is -1.81. The van der Waals surface area contributed by atoms with Gasteiger partial charge in [0.15, 0.2) is 0 Å². The molecule has 2 rings (SSSR count). The fourth-order valence-corrected chi connectivity index (χ4v) is 2.76. The van der Waals surface area contributed by atoms with Crippen LogP contribution in [0.2, 0.25) is 5.02 Å². The number of thiophene rings is 1. The Labute approximate surface area is 101 Å². The van der Waals surface area contributed by atoms with Crippen LogP contribution in [-0.2, 0) is 0 Å². The van der Waals surface area contributed by atoms with Gasteiger partial charge in [0, 0.05) is 20.7 Å². The summed E-state index contributed by atoms with van der Waals surface area (Å²) >= 11 is 7.43. The molecular formula is C11H8ClNO2S. The zero-order chi connectivity index (χ0) is 11.7. The number of nitro groups is 1. The molecule has 0 fully saturated rings. The van der Waals surface area contributed by atoms with Gasteiger partial charge in [0.1, 0.15) is 0 Å². The second-order valence-electron chi connectivity index (χ2n) is 3.33. The normalized spacial score (nSPS) is 11.4. The summed E-state index contributed by atoms with van der Waals surface area (Å²) in [6, 6.07) is 5.63. The number of halogens is 1. The van der Waals surface area contributed by atoms with Crippen LogP contribution in [0.15, 0.2) is 24.4 Å². The first-order valence-corrected chi connectivity index (χ1v) is 5.78. The lowest BCUT2D eigenvalue weighted by Gasteiger charge is -1.92. The number of fused-ring (bicyclic) bond motifs is 1. The average molecular weight is 254 g/mol. The number of benzene rings is 1. The third-order valence-corrected chi connectivity index (χ3v) is 3.76. The summed E-state index contributed by atoms with van der Waals surface area (Å²) in [6.07, 6.45) is 2.48. The molecule has 3 nitrogen and oxygen atoms in total. The van der Waals surface area contributed by atoms with Gasteiger partial charge in [0.25, 0.3) is 0 Å². The van der Waals surface area contributed by atoms with Crippen LogP contribution < -0.4 is 0 Å². The van der Waals surface area contributed by atoms with E-state index in [1.807, 2.05) is 25.1 Å². The molecule has 16 heavy (non-hydrogen) atoms. The number of hydrogen-bond donors (Lipinski definition) is 0. The Kier molecular flexibility index (Phi) is 2.94. The van der Waals surface area contributed by atoms with Crippen LogP contribution in [0.25, 0.3) is 16.2 Å². The highest BCUT2D eigenvalue weighted by Crippen LogP contribution is 2.33. The highest BCUT2D eigenvalue weighted by Gasteiger charge is 2.07. The fraction of sp³-hybridized carbons (Fsp3) is 0.0909. The monoisotopic (exact) mass is 253 g/mol. The Morgan fingerprint density at radius 2 is 2.25 bits per heavy atom. The molecule has 5 heteroatoms. The quantitative estimate of drug-likeness (QED) is 0.597. The molecule has 0 aliphatic carbocycles. The van der Waals surface area contributed by atoms with E-state index in [2.05, 4.69) is 0 Å². The Morgan fingerprint density at radius 1 is 1.50 bits per heavy atom. The van der Waals surface area contributed by atoms with Gasteiger partial charge in [-0.15, -0.1) is 11.3 Å². The number of aryl methyl sites for hydroxylation is 1. The van der Waals surface area contributed by atoms with Crippen molar-refractivity contribution in [3.05, 3.63) is 50.0 Å². The minimum atomic E-state index is -0.462. The highest BCUT2D eigenvalue weighted by atomic mass is 35.5. The van der Waals surface area contributed by atoms with Crippen molar-refractivity contribution in [2.24, 2.45) is 0 Å². The van der Waals surface area contributed by atoms with Gasteiger partial charge in [0.05, 0.1) is 4.92 Å². The zero-order valence-electron chi connectivity index (χ0n) is 8.44. The van der Waals surface area contributed by atoms with E-state index in [-0.39, 0.29) is 0 Å². The zero-order valence-corrected chi connectivity index (χ0v) is 10.0. The lowest BCUT2D eigenvalue weighted by molar-refractivity contribution is -0.400. The van der Waals surface area contributed by atoms with Crippen molar-refractivity contribution in [3.8, 4) is 0 Å². The number of rotatable bonds is 2. The van der Waals surface area contributed by atoms with Crippen LogP contribution in [0, 0.1) is 17.0 Å². The molecule has 0 unspecified atom stereocenters. The summed E-state index contributed by atoms with van der Waals surface area (Å²) in [7, 11) is 0. The van der Waals surface area contributed by atoms with Crippen LogP contribution in [0.3, 0.4) is 0 Å². The first-order chi connectivity index (χ1) is 7.58. The fourth-order valence-electron chi connectivity index (χ4n) is 1.50.